The number of anilines is 1. The summed E-state index contributed by atoms with van der Waals surface area (Å²) in [7, 11) is 0. The molecule has 90 valence electrons. The van der Waals surface area contributed by atoms with Crippen LogP contribution in [0.5, 0.6) is 0 Å². The summed E-state index contributed by atoms with van der Waals surface area (Å²) in [6.45, 7) is 2.71. The van der Waals surface area contributed by atoms with Crippen LogP contribution in [0, 0.1) is 6.92 Å². The quantitative estimate of drug-likeness (QED) is 0.848. The molecule has 0 aliphatic rings. The lowest BCUT2D eigenvalue weighted by Crippen LogP contribution is -2.34. The Morgan fingerprint density at radius 1 is 1.38 bits per heavy atom. The number of nitrogens with zero attached hydrogens (tertiary/aromatic N) is 2. The number of hydrogen-bond acceptors (Lipinski definition) is 2. The van der Waals surface area contributed by atoms with E-state index in [9.17, 15) is 13.2 Å². The lowest BCUT2D eigenvalue weighted by molar-refractivity contribution is -0.119. The van der Waals surface area contributed by atoms with E-state index in [1.807, 2.05) is 0 Å². The van der Waals surface area contributed by atoms with Crippen molar-refractivity contribution in [2.24, 2.45) is 0 Å². The molecule has 16 heavy (non-hydrogen) atoms. The van der Waals surface area contributed by atoms with E-state index in [-0.39, 0.29) is 6.54 Å². The van der Waals surface area contributed by atoms with Crippen LogP contribution in [0.1, 0.15) is 12.6 Å². The third-order valence-electron chi connectivity index (χ3n) is 2.08. The van der Waals surface area contributed by atoms with Crippen LogP contribution in [0.2, 0.25) is 0 Å². The van der Waals surface area contributed by atoms with Crippen molar-refractivity contribution in [3.05, 3.63) is 22.3 Å². The molecule has 0 N–H and O–H groups in total. The van der Waals surface area contributed by atoms with Crippen molar-refractivity contribution in [1.29, 1.82) is 0 Å². The second-order valence-corrected chi connectivity index (χ2v) is 4.22. The number of aryl methyl sites for hydroxylation is 1. The van der Waals surface area contributed by atoms with Gasteiger partial charge in [-0.3, -0.25) is 0 Å². The van der Waals surface area contributed by atoms with Gasteiger partial charge in [-0.15, -0.1) is 0 Å². The van der Waals surface area contributed by atoms with Crippen LogP contribution in [-0.4, -0.2) is 24.2 Å². The van der Waals surface area contributed by atoms with Gasteiger partial charge in [-0.05, 0) is 41.9 Å². The molecule has 0 unspecified atom stereocenters. The highest BCUT2D eigenvalue weighted by Crippen LogP contribution is 2.23. The van der Waals surface area contributed by atoms with Crippen LogP contribution in [-0.2, 0) is 0 Å². The fraction of sp³-hybridized carbons (Fsp3) is 0.500. The molecule has 1 rings (SSSR count). The standard InChI is InChI=1S/C10H12BrF3N2/c1-3-16(6-10(12,13)14)9-5-4-8(11)7(2)15-9/h4-5H,3,6H2,1-2H3. The Labute approximate surface area is 101 Å². The molecule has 2 nitrogen and oxygen atoms in total. The number of hydrogen-bond donors (Lipinski definition) is 0. The fourth-order valence-corrected chi connectivity index (χ4v) is 1.50. The van der Waals surface area contributed by atoms with E-state index in [2.05, 4.69) is 20.9 Å². The SMILES string of the molecule is CCN(CC(F)(F)F)c1ccc(Br)c(C)n1. The normalized spacial score (nSPS) is 11.6. The van der Waals surface area contributed by atoms with Gasteiger partial charge in [0.25, 0.3) is 0 Å². The largest absolute Gasteiger partial charge is 0.405 e. The molecule has 0 bridgehead atoms. The molecule has 6 heteroatoms. The third-order valence-corrected chi connectivity index (χ3v) is 2.92. The third kappa shape index (κ3) is 3.66. The maximum absolute atomic E-state index is 12.3. The molecule has 0 aliphatic carbocycles. The summed E-state index contributed by atoms with van der Waals surface area (Å²) in [6, 6.07) is 3.28. The maximum Gasteiger partial charge on any atom is 0.405 e. The number of aromatic nitrogens is 1. The Hall–Kier alpha value is -0.780. The van der Waals surface area contributed by atoms with Crippen molar-refractivity contribution in [3.63, 3.8) is 0 Å². The Balaban J connectivity index is 2.91. The fourth-order valence-electron chi connectivity index (χ4n) is 1.28. The minimum Gasteiger partial charge on any atom is -0.348 e. The Kier molecular flexibility index (Phi) is 4.18. The van der Waals surface area contributed by atoms with E-state index in [1.165, 1.54) is 4.90 Å². The van der Waals surface area contributed by atoms with Crippen LogP contribution in [0.4, 0.5) is 19.0 Å². The zero-order valence-corrected chi connectivity index (χ0v) is 10.6. The molecule has 0 spiro atoms. The topological polar surface area (TPSA) is 16.1 Å². The van der Waals surface area contributed by atoms with E-state index >= 15 is 0 Å². The molecule has 0 aliphatic heterocycles. The van der Waals surface area contributed by atoms with Crippen molar-refractivity contribution in [2.75, 3.05) is 18.0 Å². The van der Waals surface area contributed by atoms with Crippen molar-refractivity contribution in [1.82, 2.24) is 4.98 Å². The number of halogens is 4. The van der Waals surface area contributed by atoms with Gasteiger partial charge in [0.1, 0.15) is 12.4 Å². The van der Waals surface area contributed by atoms with Crippen molar-refractivity contribution < 1.29 is 13.2 Å². The molecule has 0 radical (unpaired) electrons. The lowest BCUT2D eigenvalue weighted by Gasteiger charge is -2.23. The minimum atomic E-state index is -4.21. The summed E-state index contributed by atoms with van der Waals surface area (Å²) < 4.78 is 37.6. The molecule has 0 aromatic carbocycles. The Morgan fingerprint density at radius 3 is 2.44 bits per heavy atom. The first-order valence-electron chi connectivity index (χ1n) is 4.78. The average Bonchev–Trinajstić information content (AvgIpc) is 2.17. The summed E-state index contributed by atoms with van der Waals surface area (Å²) in [4.78, 5) is 5.30. The molecule has 1 aromatic rings. The van der Waals surface area contributed by atoms with Crippen LogP contribution < -0.4 is 4.90 Å². The summed E-state index contributed by atoms with van der Waals surface area (Å²) in [6.07, 6.45) is -4.21. The molecule has 1 aromatic heterocycles. The van der Waals surface area contributed by atoms with E-state index in [0.29, 0.717) is 11.5 Å². The monoisotopic (exact) mass is 296 g/mol. The van der Waals surface area contributed by atoms with Gasteiger partial charge in [-0.1, -0.05) is 0 Å². The van der Waals surface area contributed by atoms with E-state index in [1.54, 1.807) is 26.0 Å². The van der Waals surface area contributed by atoms with E-state index in [4.69, 9.17) is 0 Å². The highest BCUT2D eigenvalue weighted by molar-refractivity contribution is 9.10. The number of rotatable bonds is 3. The lowest BCUT2D eigenvalue weighted by atomic mass is 10.3. The van der Waals surface area contributed by atoms with Crippen LogP contribution in [0.3, 0.4) is 0 Å². The predicted octanol–water partition coefficient (Wildman–Crippen LogP) is 3.54. The maximum atomic E-state index is 12.3. The Morgan fingerprint density at radius 2 is 2.00 bits per heavy atom. The van der Waals surface area contributed by atoms with E-state index < -0.39 is 12.7 Å². The molecule has 1 heterocycles. The zero-order chi connectivity index (χ0) is 12.3. The highest BCUT2D eigenvalue weighted by Gasteiger charge is 2.30. The van der Waals surface area contributed by atoms with Gasteiger partial charge in [0.2, 0.25) is 0 Å². The average molecular weight is 297 g/mol. The summed E-state index contributed by atoms with van der Waals surface area (Å²) in [5.41, 5.74) is 0.679. The molecular formula is C10H12BrF3N2. The second kappa shape index (κ2) is 5.03. The molecule has 0 saturated heterocycles. The first-order chi connectivity index (χ1) is 7.33. The molecule has 0 atom stereocenters. The first kappa shape index (κ1) is 13.3. The Bertz CT molecular complexity index is 366. The van der Waals surface area contributed by atoms with Crippen LogP contribution >= 0.6 is 15.9 Å². The summed E-state index contributed by atoms with van der Waals surface area (Å²) in [5, 5.41) is 0. The molecule has 0 fully saturated rings. The number of pyridine rings is 1. The predicted molar refractivity (Wildman–Crippen MR) is 60.6 cm³/mol. The highest BCUT2D eigenvalue weighted by atomic mass is 79.9. The van der Waals surface area contributed by atoms with Gasteiger partial charge in [0.15, 0.2) is 0 Å². The van der Waals surface area contributed by atoms with Crippen molar-refractivity contribution in [3.8, 4) is 0 Å². The van der Waals surface area contributed by atoms with E-state index in [0.717, 1.165) is 4.47 Å². The van der Waals surface area contributed by atoms with Gasteiger partial charge in [0, 0.05) is 11.0 Å². The first-order valence-corrected chi connectivity index (χ1v) is 5.57. The smallest absolute Gasteiger partial charge is 0.348 e. The number of alkyl halides is 3. The van der Waals surface area contributed by atoms with Gasteiger partial charge < -0.3 is 4.90 Å². The van der Waals surface area contributed by atoms with Crippen LogP contribution in [0.25, 0.3) is 0 Å². The second-order valence-electron chi connectivity index (χ2n) is 3.37. The van der Waals surface area contributed by atoms with Gasteiger partial charge in [-0.25, -0.2) is 4.98 Å². The van der Waals surface area contributed by atoms with Gasteiger partial charge in [0.05, 0.1) is 5.69 Å². The molecule has 0 saturated carbocycles. The van der Waals surface area contributed by atoms with Gasteiger partial charge >= 0.3 is 6.18 Å². The minimum absolute atomic E-state index is 0.271. The summed E-state index contributed by atoms with van der Waals surface area (Å²) >= 11 is 3.26. The van der Waals surface area contributed by atoms with Crippen LogP contribution in [0.15, 0.2) is 16.6 Å². The molecular weight excluding hydrogens is 285 g/mol. The molecule has 0 amide bonds. The van der Waals surface area contributed by atoms with Crippen molar-refractivity contribution >= 4 is 21.7 Å². The van der Waals surface area contributed by atoms with Gasteiger partial charge in [-0.2, -0.15) is 13.2 Å². The van der Waals surface area contributed by atoms with Crippen molar-refractivity contribution in [2.45, 2.75) is 20.0 Å². The zero-order valence-electron chi connectivity index (χ0n) is 8.98. The summed E-state index contributed by atoms with van der Waals surface area (Å²) in [5.74, 6) is 0.348.